The molecule has 2 rings (SSSR count). The first-order valence-corrected chi connectivity index (χ1v) is 13.3. The molecule has 2 heterocycles. The summed E-state index contributed by atoms with van der Waals surface area (Å²) >= 11 is 0. The van der Waals surface area contributed by atoms with E-state index in [9.17, 15) is 23.7 Å². The lowest BCUT2D eigenvalue weighted by Gasteiger charge is -2.22. The van der Waals surface area contributed by atoms with Crippen molar-refractivity contribution in [3.05, 3.63) is 22.7 Å². The highest BCUT2D eigenvalue weighted by molar-refractivity contribution is 7.47. The van der Waals surface area contributed by atoms with E-state index in [1.165, 1.54) is 12.3 Å². The number of nitrogens with two attached hydrogens (primary N) is 1. The number of hydrogen-bond acceptors (Lipinski definition) is 10. The predicted molar refractivity (Wildman–Crippen MR) is 114 cm³/mol. The maximum atomic E-state index is 12.3. The van der Waals surface area contributed by atoms with Gasteiger partial charge in [-0.2, -0.15) is 4.98 Å². The number of ether oxygens (including phenoxy) is 1. The summed E-state index contributed by atoms with van der Waals surface area (Å²) in [6, 6.07) is 1.39. The van der Waals surface area contributed by atoms with Gasteiger partial charge in [-0.05, 0) is 18.9 Å². The SMILES string of the molecule is CCCCOP(=O)(O)OC[C@H]1O[C@@H](n2ccc(N)nc2=O)C[C@@H]1OP(=O)(O)OCCCC. The van der Waals surface area contributed by atoms with Crippen molar-refractivity contribution in [1.82, 2.24) is 9.55 Å². The van der Waals surface area contributed by atoms with Crippen molar-refractivity contribution >= 4 is 21.5 Å². The average Bonchev–Trinajstić information content (AvgIpc) is 3.08. The van der Waals surface area contributed by atoms with E-state index in [0.717, 1.165) is 17.4 Å². The average molecular weight is 499 g/mol. The van der Waals surface area contributed by atoms with E-state index >= 15 is 0 Å². The Kier molecular flexibility index (Phi) is 10.5. The number of rotatable bonds is 14. The van der Waals surface area contributed by atoms with Crippen LogP contribution in [0.4, 0.5) is 5.82 Å². The van der Waals surface area contributed by atoms with Crippen molar-refractivity contribution in [2.24, 2.45) is 0 Å². The summed E-state index contributed by atoms with van der Waals surface area (Å²) in [5.41, 5.74) is 4.80. The standard InChI is InChI=1S/C17H31N3O10P2/c1-3-5-9-26-31(22,23)28-12-14-13(30-32(24,25)27-10-6-4-2)11-16(29-14)20-8-7-15(18)19-17(20)21/h7-8,13-14,16H,3-6,9-12H2,1-2H3,(H,22,23)(H,24,25)(H2,18,19,21)/t13-,14+,16+/m0/s1. The van der Waals surface area contributed by atoms with Gasteiger partial charge in [-0.25, -0.2) is 13.9 Å². The molecule has 0 saturated carbocycles. The van der Waals surface area contributed by atoms with Crippen LogP contribution in [-0.2, 0) is 32.0 Å². The molecule has 1 aromatic heterocycles. The first-order valence-electron chi connectivity index (χ1n) is 10.3. The molecule has 184 valence electrons. The molecule has 1 aromatic rings. The Balaban J connectivity index is 2.12. The number of unbranched alkanes of at least 4 members (excludes halogenated alkanes) is 2. The molecule has 2 unspecified atom stereocenters. The Bertz CT molecular complexity index is 882. The third-order valence-electron chi connectivity index (χ3n) is 4.52. The summed E-state index contributed by atoms with van der Waals surface area (Å²) < 4.78 is 51.3. The van der Waals surface area contributed by atoms with Crippen LogP contribution in [0.15, 0.2) is 17.1 Å². The van der Waals surface area contributed by atoms with Crippen LogP contribution >= 0.6 is 15.6 Å². The van der Waals surface area contributed by atoms with E-state index in [2.05, 4.69) is 4.98 Å². The van der Waals surface area contributed by atoms with Gasteiger partial charge in [-0.1, -0.05) is 26.7 Å². The maximum absolute atomic E-state index is 12.3. The molecule has 1 saturated heterocycles. The first-order chi connectivity index (χ1) is 15.1. The van der Waals surface area contributed by atoms with Gasteiger partial charge in [-0.3, -0.25) is 22.7 Å². The van der Waals surface area contributed by atoms with Crippen LogP contribution < -0.4 is 11.4 Å². The third kappa shape index (κ3) is 8.66. The fourth-order valence-corrected chi connectivity index (χ4v) is 4.59. The Labute approximate surface area is 186 Å². The number of phosphoric acid groups is 2. The molecule has 0 aliphatic carbocycles. The van der Waals surface area contributed by atoms with Crippen molar-refractivity contribution in [2.45, 2.75) is 64.4 Å². The summed E-state index contributed by atoms with van der Waals surface area (Å²) in [6.45, 7) is 3.34. The number of nitrogens with zero attached hydrogens (tertiary/aromatic N) is 2. The van der Waals surface area contributed by atoms with Crippen molar-refractivity contribution in [1.29, 1.82) is 0 Å². The van der Waals surface area contributed by atoms with Gasteiger partial charge in [0.05, 0.1) is 19.8 Å². The van der Waals surface area contributed by atoms with Crippen LogP contribution in [-0.4, -0.2) is 51.4 Å². The van der Waals surface area contributed by atoms with E-state index in [4.69, 9.17) is 28.6 Å². The van der Waals surface area contributed by atoms with E-state index in [-0.39, 0.29) is 25.5 Å². The highest BCUT2D eigenvalue weighted by Gasteiger charge is 2.43. The van der Waals surface area contributed by atoms with Crippen molar-refractivity contribution < 1.29 is 41.7 Å². The van der Waals surface area contributed by atoms with Crippen LogP contribution in [0.1, 0.15) is 52.2 Å². The Morgan fingerprint density at radius 1 is 1.16 bits per heavy atom. The van der Waals surface area contributed by atoms with Gasteiger partial charge < -0.3 is 20.3 Å². The fraction of sp³-hybridized carbons (Fsp3) is 0.765. The molecule has 1 fully saturated rings. The number of nitrogen functional groups attached to an aromatic ring is 1. The molecular formula is C17H31N3O10P2. The van der Waals surface area contributed by atoms with Crippen LogP contribution in [0.2, 0.25) is 0 Å². The summed E-state index contributed by atoms with van der Waals surface area (Å²) in [7, 11) is -8.83. The molecule has 1 aliphatic rings. The molecule has 32 heavy (non-hydrogen) atoms. The van der Waals surface area contributed by atoms with E-state index in [1.807, 2.05) is 13.8 Å². The van der Waals surface area contributed by atoms with Gasteiger partial charge in [0.25, 0.3) is 0 Å². The zero-order valence-electron chi connectivity index (χ0n) is 18.1. The molecule has 5 atom stereocenters. The van der Waals surface area contributed by atoms with Crippen LogP contribution in [0, 0.1) is 0 Å². The second kappa shape index (κ2) is 12.4. The van der Waals surface area contributed by atoms with Gasteiger partial charge in [0.1, 0.15) is 24.3 Å². The third-order valence-corrected chi connectivity index (χ3v) is 6.55. The lowest BCUT2D eigenvalue weighted by atomic mass is 10.2. The van der Waals surface area contributed by atoms with Gasteiger partial charge in [0.15, 0.2) is 0 Å². The molecule has 0 amide bonds. The molecule has 0 radical (unpaired) electrons. The van der Waals surface area contributed by atoms with Crippen LogP contribution in [0.25, 0.3) is 0 Å². The normalized spacial score (nSPS) is 24.8. The van der Waals surface area contributed by atoms with Gasteiger partial charge in [0, 0.05) is 12.6 Å². The Morgan fingerprint density at radius 3 is 2.38 bits per heavy atom. The fourth-order valence-electron chi connectivity index (χ4n) is 2.83. The lowest BCUT2D eigenvalue weighted by molar-refractivity contribution is -0.0468. The lowest BCUT2D eigenvalue weighted by Crippen LogP contribution is -2.29. The Hall–Kier alpha value is -1.14. The second-order valence-corrected chi connectivity index (χ2v) is 10.0. The second-order valence-electron chi connectivity index (χ2n) is 7.16. The number of aromatic nitrogens is 2. The quantitative estimate of drug-likeness (QED) is 0.251. The maximum Gasteiger partial charge on any atom is 0.472 e. The van der Waals surface area contributed by atoms with Gasteiger partial charge >= 0.3 is 21.3 Å². The van der Waals surface area contributed by atoms with Crippen molar-refractivity contribution in [3.8, 4) is 0 Å². The number of anilines is 1. The molecule has 0 aromatic carbocycles. The largest absolute Gasteiger partial charge is 0.472 e. The molecular weight excluding hydrogens is 468 g/mol. The zero-order chi connectivity index (χ0) is 23.8. The smallest absolute Gasteiger partial charge is 0.383 e. The van der Waals surface area contributed by atoms with Crippen LogP contribution in [0.5, 0.6) is 0 Å². The summed E-state index contributed by atoms with van der Waals surface area (Å²) in [5.74, 6) is 0.0200. The minimum absolute atomic E-state index is 0.0148. The van der Waals surface area contributed by atoms with E-state index < -0.39 is 46.4 Å². The highest BCUT2D eigenvalue weighted by Crippen LogP contribution is 2.49. The molecule has 1 aliphatic heterocycles. The summed E-state index contributed by atoms with van der Waals surface area (Å²) in [4.78, 5) is 35.6. The van der Waals surface area contributed by atoms with Crippen LogP contribution in [0.3, 0.4) is 0 Å². The first kappa shape index (κ1) is 27.1. The monoisotopic (exact) mass is 499 g/mol. The molecule has 13 nitrogen and oxygen atoms in total. The summed E-state index contributed by atoms with van der Waals surface area (Å²) in [6.07, 6.45) is 0.845. The van der Waals surface area contributed by atoms with Gasteiger partial charge in [-0.15, -0.1) is 0 Å². The zero-order valence-corrected chi connectivity index (χ0v) is 19.9. The summed E-state index contributed by atoms with van der Waals surface area (Å²) in [5, 5.41) is 0. The number of hydrogen-bond donors (Lipinski definition) is 3. The molecule has 15 heteroatoms. The molecule has 0 spiro atoms. The minimum atomic E-state index is -4.45. The van der Waals surface area contributed by atoms with Gasteiger partial charge in [0.2, 0.25) is 0 Å². The highest BCUT2D eigenvalue weighted by atomic mass is 31.2. The topological polar surface area (TPSA) is 182 Å². The van der Waals surface area contributed by atoms with E-state index in [0.29, 0.717) is 12.8 Å². The van der Waals surface area contributed by atoms with Crippen molar-refractivity contribution in [2.75, 3.05) is 25.6 Å². The van der Waals surface area contributed by atoms with E-state index in [1.54, 1.807) is 0 Å². The number of phosphoric ester groups is 2. The Morgan fingerprint density at radius 2 is 1.78 bits per heavy atom. The van der Waals surface area contributed by atoms with Crippen molar-refractivity contribution in [3.63, 3.8) is 0 Å². The minimum Gasteiger partial charge on any atom is -0.383 e. The predicted octanol–water partition coefficient (Wildman–Crippen LogP) is 2.35. The molecule has 0 bridgehead atoms. The molecule has 4 N–H and O–H groups in total.